The Hall–Kier alpha value is -2.37. The van der Waals surface area contributed by atoms with Gasteiger partial charge in [0.15, 0.2) is 0 Å². The molecular weight excluding hydrogens is 328 g/mol. The fourth-order valence-corrected chi connectivity index (χ4v) is 2.82. The molecule has 0 unspecified atom stereocenters. The number of halogens is 1. The van der Waals surface area contributed by atoms with Crippen LogP contribution in [0.1, 0.15) is 29.7 Å². The third-order valence-electron chi connectivity index (χ3n) is 4.00. The number of benzene rings is 1. The van der Waals surface area contributed by atoms with Gasteiger partial charge in [-0.2, -0.15) is 0 Å². The number of aromatic nitrogens is 1. The molecule has 0 radical (unpaired) electrons. The van der Waals surface area contributed by atoms with Crippen LogP contribution in [0.5, 0.6) is 0 Å². The van der Waals surface area contributed by atoms with E-state index >= 15 is 0 Å². The van der Waals surface area contributed by atoms with Crippen molar-refractivity contribution < 1.29 is 9.90 Å². The van der Waals surface area contributed by atoms with Gasteiger partial charge in [0.05, 0.1) is 6.61 Å². The third-order valence-corrected chi connectivity index (χ3v) is 4.29. The van der Waals surface area contributed by atoms with Crippen LogP contribution in [0.4, 0.5) is 0 Å². The van der Waals surface area contributed by atoms with E-state index in [-0.39, 0.29) is 29.1 Å². The molecule has 24 heavy (non-hydrogen) atoms. The molecule has 1 saturated heterocycles. The van der Waals surface area contributed by atoms with Crippen LogP contribution in [-0.2, 0) is 11.4 Å². The number of H-pyrrole nitrogens is 1. The van der Waals surface area contributed by atoms with Crippen molar-refractivity contribution in [3.8, 4) is 0 Å². The second-order valence-corrected chi connectivity index (χ2v) is 6.10. The molecule has 0 saturated carbocycles. The average Bonchev–Trinajstić information content (AvgIpc) is 3.00. The summed E-state index contributed by atoms with van der Waals surface area (Å²) in [5.41, 5.74) is 2.76. The van der Waals surface area contributed by atoms with Gasteiger partial charge in [0.25, 0.3) is 5.56 Å². The number of hydrogen-bond donors (Lipinski definition) is 3. The van der Waals surface area contributed by atoms with E-state index in [9.17, 15) is 14.7 Å². The van der Waals surface area contributed by atoms with Crippen LogP contribution in [0.15, 0.2) is 47.3 Å². The topological polar surface area (TPSA) is 82.2 Å². The first kappa shape index (κ1) is 16.5. The number of aromatic amines is 1. The minimum absolute atomic E-state index is 0.0239. The van der Waals surface area contributed by atoms with Crippen LogP contribution in [0.3, 0.4) is 0 Å². The molecule has 1 aliphatic rings. The molecule has 2 aromatic rings. The molecule has 1 aromatic heterocycles. The number of aliphatic hydroxyl groups excluding tert-OH is 1. The van der Waals surface area contributed by atoms with E-state index in [4.69, 9.17) is 11.6 Å². The molecule has 0 bridgehead atoms. The SMILES string of the molecule is O=C1CC[C@H](/C=C(/c2ccc(CO)cc2)c2ccc(Cl)c(=O)[nH]2)N1. The van der Waals surface area contributed by atoms with E-state index in [2.05, 4.69) is 10.3 Å². The Bertz CT molecular complexity index is 840. The maximum Gasteiger partial charge on any atom is 0.267 e. The summed E-state index contributed by atoms with van der Waals surface area (Å²) >= 11 is 5.81. The molecule has 2 heterocycles. The highest BCUT2D eigenvalue weighted by molar-refractivity contribution is 6.30. The second kappa shape index (κ2) is 7.03. The summed E-state index contributed by atoms with van der Waals surface area (Å²) in [5, 5.41) is 12.2. The molecule has 1 aliphatic heterocycles. The molecular formula is C18H17ClN2O3. The zero-order valence-corrected chi connectivity index (χ0v) is 13.6. The summed E-state index contributed by atoms with van der Waals surface area (Å²) in [7, 11) is 0. The van der Waals surface area contributed by atoms with E-state index in [0.29, 0.717) is 12.1 Å². The van der Waals surface area contributed by atoms with E-state index in [1.54, 1.807) is 12.1 Å². The lowest BCUT2D eigenvalue weighted by Crippen LogP contribution is -2.23. The lowest BCUT2D eigenvalue weighted by atomic mass is 9.98. The van der Waals surface area contributed by atoms with Crippen LogP contribution in [-0.4, -0.2) is 22.0 Å². The predicted octanol–water partition coefficient (Wildman–Crippen LogP) is 2.23. The first-order valence-corrected chi connectivity index (χ1v) is 8.05. The van der Waals surface area contributed by atoms with Crippen molar-refractivity contribution in [1.29, 1.82) is 0 Å². The van der Waals surface area contributed by atoms with Crippen molar-refractivity contribution in [3.05, 3.63) is 74.7 Å². The van der Waals surface area contributed by atoms with Crippen molar-refractivity contribution in [3.63, 3.8) is 0 Å². The van der Waals surface area contributed by atoms with Gasteiger partial charge < -0.3 is 15.4 Å². The Morgan fingerprint density at radius 3 is 2.54 bits per heavy atom. The van der Waals surface area contributed by atoms with Crippen molar-refractivity contribution >= 4 is 23.1 Å². The van der Waals surface area contributed by atoms with E-state index in [1.807, 2.05) is 30.3 Å². The number of carbonyl (C=O) groups is 1. The lowest BCUT2D eigenvalue weighted by molar-refractivity contribution is -0.119. The number of pyridine rings is 1. The van der Waals surface area contributed by atoms with Gasteiger partial charge in [-0.1, -0.05) is 41.9 Å². The summed E-state index contributed by atoms with van der Waals surface area (Å²) in [6.45, 7) is -0.0320. The Balaban J connectivity index is 2.05. The third kappa shape index (κ3) is 3.58. The molecule has 1 fully saturated rings. The minimum atomic E-state index is -0.359. The van der Waals surface area contributed by atoms with Gasteiger partial charge in [-0.05, 0) is 29.7 Å². The number of carbonyl (C=O) groups excluding carboxylic acids is 1. The average molecular weight is 345 g/mol. The van der Waals surface area contributed by atoms with E-state index in [1.165, 1.54) is 0 Å². The van der Waals surface area contributed by atoms with Gasteiger partial charge in [-0.15, -0.1) is 0 Å². The van der Waals surface area contributed by atoms with Gasteiger partial charge >= 0.3 is 0 Å². The van der Waals surface area contributed by atoms with Crippen molar-refractivity contribution in [2.24, 2.45) is 0 Å². The maximum atomic E-state index is 11.8. The van der Waals surface area contributed by atoms with Crippen LogP contribution in [0, 0.1) is 0 Å². The van der Waals surface area contributed by atoms with Gasteiger partial charge in [0.2, 0.25) is 5.91 Å². The van der Waals surface area contributed by atoms with E-state index in [0.717, 1.165) is 23.1 Å². The molecule has 1 aromatic carbocycles. The fraction of sp³-hybridized carbons (Fsp3) is 0.222. The van der Waals surface area contributed by atoms with Gasteiger partial charge in [0.1, 0.15) is 5.02 Å². The minimum Gasteiger partial charge on any atom is -0.392 e. The molecule has 0 aliphatic carbocycles. The first-order chi connectivity index (χ1) is 11.6. The largest absolute Gasteiger partial charge is 0.392 e. The summed E-state index contributed by atoms with van der Waals surface area (Å²) in [6, 6.07) is 10.6. The van der Waals surface area contributed by atoms with Crippen LogP contribution in [0.2, 0.25) is 5.02 Å². The van der Waals surface area contributed by atoms with E-state index < -0.39 is 0 Å². The standard InChI is InChI=1S/C18H17ClN2O3/c19-15-6-7-16(21-18(15)24)14(9-13-5-8-17(23)20-13)12-3-1-11(10-22)2-4-12/h1-4,6-7,9,13,22H,5,8,10H2,(H,20,23)(H,21,24)/b14-9-/t13-/m1/s1. The Morgan fingerprint density at radius 1 is 1.21 bits per heavy atom. The summed E-state index contributed by atoms with van der Waals surface area (Å²) < 4.78 is 0. The molecule has 1 atom stereocenters. The number of hydrogen-bond acceptors (Lipinski definition) is 3. The Labute approximate surface area is 144 Å². The van der Waals surface area contributed by atoms with Crippen molar-refractivity contribution in [2.75, 3.05) is 0 Å². The normalized spacial score (nSPS) is 17.8. The van der Waals surface area contributed by atoms with Crippen molar-refractivity contribution in [1.82, 2.24) is 10.3 Å². The summed E-state index contributed by atoms with van der Waals surface area (Å²) in [4.78, 5) is 26.1. The van der Waals surface area contributed by atoms with Crippen LogP contribution >= 0.6 is 11.6 Å². The Kier molecular flexibility index (Phi) is 4.83. The molecule has 3 rings (SSSR count). The van der Waals surface area contributed by atoms with Gasteiger partial charge in [0, 0.05) is 23.7 Å². The van der Waals surface area contributed by atoms with Crippen LogP contribution < -0.4 is 10.9 Å². The van der Waals surface area contributed by atoms with Crippen molar-refractivity contribution in [2.45, 2.75) is 25.5 Å². The maximum absolute atomic E-state index is 11.8. The number of rotatable bonds is 4. The zero-order chi connectivity index (χ0) is 17.1. The van der Waals surface area contributed by atoms with Crippen LogP contribution in [0.25, 0.3) is 5.57 Å². The lowest BCUT2D eigenvalue weighted by Gasteiger charge is -2.12. The number of aliphatic hydroxyl groups is 1. The number of amides is 1. The first-order valence-electron chi connectivity index (χ1n) is 7.67. The monoisotopic (exact) mass is 344 g/mol. The summed E-state index contributed by atoms with van der Waals surface area (Å²) in [6.07, 6.45) is 3.15. The highest BCUT2D eigenvalue weighted by Gasteiger charge is 2.20. The number of nitrogens with one attached hydrogen (secondary N) is 2. The smallest absolute Gasteiger partial charge is 0.267 e. The molecule has 3 N–H and O–H groups in total. The zero-order valence-electron chi connectivity index (χ0n) is 12.9. The highest BCUT2D eigenvalue weighted by atomic mass is 35.5. The fourth-order valence-electron chi connectivity index (χ4n) is 2.71. The van der Waals surface area contributed by atoms with Gasteiger partial charge in [-0.3, -0.25) is 9.59 Å². The second-order valence-electron chi connectivity index (χ2n) is 5.70. The highest BCUT2D eigenvalue weighted by Crippen LogP contribution is 2.25. The van der Waals surface area contributed by atoms with Gasteiger partial charge in [-0.25, -0.2) is 0 Å². The molecule has 5 nitrogen and oxygen atoms in total. The molecule has 0 spiro atoms. The molecule has 6 heteroatoms. The molecule has 1 amide bonds. The molecule has 124 valence electrons. The Morgan fingerprint density at radius 2 is 1.96 bits per heavy atom. The summed E-state index contributed by atoms with van der Waals surface area (Å²) in [5.74, 6) is 0.0239. The predicted molar refractivity (Wildman–Crippen MR) is 92.7 cm³/mol. The quantitative estimate of drug-likeness (QED) is 0.795.